The number of carboxylic acid groups (broad SMARTS) is 1. The summed E-state index contributed by atoms with van der Waals surface area (Å²) in [6.45, 7) is 0. The van der Waals surface area contributed by atoms with E-state index in [2.05, 4.69) is 0 Å². The van der Waals surface area contributed by atoms with Crippen molar-refractivity contribution in [2.75, 3.05) is 0 Å². The molecule has 0 heterocycles. The van der Waals surface area contributed by atoms with Crippen LogP contribution in [-0.2, 0) is 5.88 Å². The molecule has 5 heteroatoms. The summed E-state index contributed by atoms with van der Waals surface area (Å²) < 4.78 is 0. The Balaban J connectivity index is 3.35. The second-order valence-electron chi connectivity index (χ2n) is 2.40. The Bertz CT molecular complexity index is 348. The lowest BCUT2D eigenvalue weighted by molar-refractivity contribution is 0.0693. The average molecular weight is 203 g/mol. The topological polar surface area (TPSA) is 77.8 Å². The molecule has 0 amide bonds. The Kier molecular flexibility index (Phi) is 2.63. The minimum absolute atomic E-state index is 0.0292. The van der Waals surface area contributed by atoms with Crippen molar-refractivity contribution < 1.29 is 20.1 Å². The molecule has 3 N–H and O–H groups in total. The number of benzene rings is 1. The summed E-state index contributed by atoms with van der Waals surface area (Å²) in [5.74, 6) is -2.09. The van der Waals surface area contributed by atoms with Crippen molar-refractivity contribution in [1.29, 1.82) is 0 Å². The highest BCUT2D eigenvalue weighted by atomic mass is 35.5. The minimum atomic E-state index is -1.26. The number of hydrogen-bond acceptors (Lipinski definition) is 3. The molecule has 0 aromatic heterocycles. The summed E-state index contributed by atoms with van der Waals surface area (Å²) in [7, 11) is 0. The standard InChI is InChI=1S/C8H7ClO4/c9-3-5-6(10)2-1-4(7(5)11)8(12)13/h1-2,10-11H,3H2,(H,12,13). The summed E-state index contributed by atoms with van der Waals surface area (Å²) >= 11 is 5.40. The molecule has 0 aliphatic rings. The summed E-state index contributed by atoms with van der Waals surface area (Å²) in [6, 6.07) is 2.30. The van der Waals surface area contributed by atoms with Crippen LogP contribution in [-0.4, -0.2) is 21.3 Å². The van der Waals surface area contributed by atoms with Gasteiger partial charge in [-0.1, -0.05) is 0 Å². The fraction of sp³-hybridized carbons (Fsp3) is 0.125. The van der Waals surface area contributed by atoms with Crippen LogP contribution < -0.4 is 0 Å². The van der Waals surface area contributed by atoms with E-state index in [-0.39, 0.29) is 22.8 Å². The monoisotopic (exact) mass is 202 g/mol. The van der Waals surface area contributed by atoms with Crippen molar-refractivity contribution in [2.24, 2.45) is 0 Å². The van der Waals surface area contributed by atoms with E-state index in [1.165, 1.54) is 6.07 Å². The maximum Gasteiger partial charge on any atom is 0.339 e. The summed E-state index contributed by atoms with van der Waals surface area (Å²) in [4.78, 5) is 10.5. The molecule has 0 saturated carbocycles. The largest absolute Gasteiger partial charge is 0.507 e. The Labute approximate surface area is 79.0 Å². The van der Waals surface area contributed by atoms with Crippen molar-refractivity contribution in [3.8, 4) is 11.5 Å². The lowest BCUT2D eigenvalue weighted by Gasteiger charge is -2.05. The summed E-state index contributed by atoms with van der Waals surface area (Å²) in [5.41, 5.74) is -0.241. The average Bonchev–Trinajstić information content (AvgIpc) is 2.04. The van der Waals surface area contributed by atoms with Gasteiger partial charge in [-0.2, -0.15) is 0 Å². The molecule has 0 radical (unpaired) electrons. The van der Waals surface area contributed by atoms with Crippen molar-refractivity contribution in [3.63, 3.8) is 0 Å². The maximum atomic E-state index is 10.5. The van der Waals surface area contributed by atoms with Gasteiger partial charge in [0.15, 0.2) is 0 Å². The molecular formula is C8H7ClO4. The first-order valence-electron chi connectivity index (χ1n) is 3.41. The van der Waals surface area contributed by atoms with E-state index in [1.54, 1.807) is 0 Å². The smallest absolute Gasteiger partial charge is 0.339 e. The molecule has 0 bridgehead atoms. The molecule has 1 aromatic carbocycles. The van der Waals surface area contributed by atoms with Crippen LogP contribution in [0.4, 0.5) is 0 Å². The first-order valence-corrected chi connectivity index (χ1v) is 3.94. The molecule has 0 saturated heterocycles. The van der Waals surface area contributed by atoms with Gasteiger partial charge in [-0.15, -0.1) is 11.6 Å². The van der Waals surface area contributed by atoms with Crippen LogP contribution in [0.25, 0.3) is 0 Å². The van der Waals surface area contributed by atoms with Crippen LogP contribution in [0.1, 0.15) is 15.9 Å². The zero-order valence-electron chi connectivity index (χ0n) is 6.49. The van der Waals surface area contributed by atoms with Crippen LogP contribution in [0.2, 0.25) is 0 Å². The van der Waals surface area contributed by atoms with E-state index in [0.717, 1.165) is 6.07 Å². The van der Waals surface area contributed by atoms with Gasteiger partial charge in [0.05, 0.1) is 11.4 Å². The van der Waals surface area contributed by atoms with Gasteiger partial charge in [-0.3, -0.25) is 0 Å². The number of halogens is 1. The lowest BCUT2D eigenvalue weighted by atomic mass is 10.1. The Morgan fingerprint density at radius 2 is 2.00 bits per heavy atom. The number of aromatic hydroxyl groups is 2. The van der Waals surface area contributed by atoms with Gasteiger partial charge in [0.1, 0.15) is 17.1 Å². The van der Waals surface area contributed by atoms with Crippen LogP contribution in [0.5, 0.6) is 11.5 Å². The number of carboxylic acids is 1. The maximum absolute atomic E-state index is 10.5. The quantitative estimate of drug-likeness (QED) is 0.636. The summed E-state index contributed by atoms with van der Waals surface area (Å²) in [6.07, 6.45) is 0. The zero-order chi connectivity index (χ0) is 10.0. The van der Waals surface area contributed by atoms with Crippen molar-refractivity contribution in [1.82, 2.24) is 0 Å². The van der Waals surface area contributed by atoms with Crippen molar-refractivity contribution in [3.05, 3.63) is 23.3 Å². The van der Waals surface area contributed by atoms with Crippen LogP contribution in [0, 0.1) is 0 Å². The molecule has 0 spiro atoms. The van der Waals surface area contributed by atoms with E-state index in [0.29, 0.717) is 0 Å². The Morgan fingerprint density at radius 3 is 2.46 bits per heavy atom. The molecule has 0 atom stereocenters. The van der Waals surface area contributed by atoms with E-state index in [1.807, 2.05) is 0 Å². The second-order valence-corrected chi connectivity index (χ2v) is 2.67. The van der Waals surface area contributed by atoms with Crippen molar-refractivity contribution >= 4 is 17.6 Å². The molecule has 1 rings (SSSR count). The van der Waals surface area contributed by atoms with Gasteiger partial charge < -0.3 is 15.3 Å². The van der Waals surface area contributed by atoms with Gasteiger partial charge in [0.25, 0.3) is 0 Å². The normalized spacial score (nSPS) is 9.92. The van der Waals surface area contributed by atoms with Crippen LogP contribution >= 0.6 is 11.6 Å². The fourth-order valence-electron chi connectivity index (χ4n) is 0.930. The minimum Gasteiger partial charge on any atom is -0.507 e. The number of phenols is 2. The van der Waals surface area contributed by atoms with Gasteiger partial charge >= 0.3 is 5.97 Å². The number of rotatable bonds is 2. The third kappa shape index (κ3) is 1.67. The van der Waals surface area contributed by atoms with Crippen molar-refractivity contribution in [2.45, 2.75) is 5.88 Å². The first-order chi connectivity index (χ1) is 6.07. The molecule has 13 heavy (non-hydrogen) atoms. The number of carbonyl (C=O) groups is 1. The highest BCUT2D eigenvalue weighted by Gasteiger charge is 2.15. The molecule has 4 nitrogen and oxygen atoms in total. The lowest BCUT2D eigenvalue weighted by Crippen LogP contribution is -1.98. The van der Waals surface area contributed by atoms with E-state index >= 15 is 0 Å². The Morgan fingerprint density at radius 1 is 1.38 bits per heavy atom. The molecule has 0 fully saturated rings. The van der Waals surface area contributed by atoms with Gasteiger partial charge in [-0.25, -0.2) is 4.79 Å². The number of aromatic carboxylic acids is 1. The van der Waals surface area contributed by atoms with E-state index in [9.17, 15) is 9.90 Å². The predicted molar refractivity (Wildman–Crippen MR) is 46.3 cm³/mol. The van der Waals surface area contributed by atoms with E-state index in [4.69, 9.17) is 21.8 Å². The van der Waals surface area contributed by atoms with Crippen LogP contribution in [0.15, 0.2) is 12.1 Å². The van der Waals surface area contributed by atoms with Crippen LogP contribution in [0.3, 0.4) is 0 Å². The molecule has 0 unspecified atom stereocenters. The fourth-order valence-corrected chi connectivity index (χ4v) is 1.19. The number of phenolic OH excluding ortho intramolecular Hbond substituents is 1. The van der Waals surface area contributed by atoms with Gasteiger partial charge in [0, 0.05) is 0 Å². The molecule has 0 aliphatic heterocycles. The summed E-state index contributed by atoms with van der Waals surface area (Å²) in [5, 5.41) is 27.1. The molecule has 1 aromatic rings. The molecule has 0 aliphatic carbocycles. The highest BCUT2D eigenvalue weighted by molar-refractivity contribution is 6.17. The predicted octanol–water partition coefficient (Wildman–Crippen LogP) is 1.53. The Hall–Kier alpha value is -1.42. The molecular weight excluding hydrogens is 196 g/mol. The third-order valence-electron chi connectivity index (χ3n) is 1.62. The first kappa shape index (κ1) is 9.67. The molecule has 70 valence electrons. The SMILES string of the molecule is O=C(O)c1ccc(O)c(CCl)c1O. The number of alkyl halides is 1. The van der Waals surface area contributed by atoms with Gasteiger partial charge in [0.2, 0.25) is 0 Å². The second kappa shape index (κ2) is 3.53. The highest BCUT2D eigenvalue weighted by Crippen LogP contribution is 2.31. The van der Waals surface area contributed by atoms with E-state index < -0.39 is 11.7 Å². The zero-order valence-corrected chi connectivity index (χ0v) is 7.25. The number of hydrogen-bond donors (Lipinski definition) is 3. The van der Waals surface area contributed by atoms with Gasteiger partial charge in [-0.05, 0) is 12.1 Å². The third-order valence-corrected chi connectivity index (χ3v) is 1.89.